The zero-order chi connectivity index (χ0) is 22.7. The van der Waals surface area contributed by atoms with E-state index in [9.17, 15) is 14.7 Å². The molecule has 0 radical (unpaired) electrons. The SMILES string of the molecule is O=C(O)[C@H]1[C@H]2C(=O)N([C@H](c3ccccc3)c3nnnn3-c3ccc(Cl)cc3)C[C@@]23C=C[C@H]1O3. The fourth-order valence-electron chi connectivity index (χ4n) is 5.26. The summed E-state index contributed by atoms with van der Waals surface area (Å²) in [5.74, 6) is -2.60. The number of hydrogen-bond acceptors (Lipinski definition) is 6. The predicted molar refractivity (Wildman–Crippen MR) is 116 cm³/mol. The quantitative estimate of drug-likeness (QED) is 0.578. The first kappa shape index (κ1) is 20.1. The van der Waals surface area contributed by atoms with Crippen LogP contribution in [0.25, 0.3) is 5.69 Å². The molecule has 0 saturated carbocycles. The third-order valence-electron chi connectivity index (χ3n) is 6.65. The van der Waals surface area contributed by atoms with Crippen molar-refractivity contribution in [2.24, 2.45) is 11.8 Å². The van der Waals surface area contributed by atoms with E-state index in [1.54, 1.807) is 39.9 Å². The molecular formula is C23H18ClN5O4. The maximum absolute atomic E-state index is 13.7. The molecule has 1 spiro atoms. The van der Waals surface area contributed by atoms with Crippen molar-refractivity contribution >= 4 is 23.5 Å². The van der Waals surface area contributed by atoms with Gasteiger partial charge in [0, 0.05) is 5.02 Å². The number of fused-ring (bicyclic) bond motifs is 1. The van der Waals surface area contributed by atoms with E-state index in [2.05, 4.69) is 15.5 Å². The Kier molecular flexibility index (Phi) is 4.40. The minimum Gasteiger partial charge on any atom is -0.481 e. The highest BCUT2D eigenvalue weighted by Crippen LogP contribution is 2.53. The van der Waals surface area contributed by atoms with Crippen LogP contribution in [-0.4, -0.2) is 60.3 Å². The van der Waals surface area contributed by atoms with Crippen LogP contribution in [0.1, 0.15) is 17.4 Å². The first-order valence-corrected chi connectivity index (χ1v) is 10.9. The second-order valence-electron chi connectivity index (χ2n) is 8.44. The molecule has 0 unspecified atom stereocenters. The number of ether oxygens (including phenoxy) is 1. The molecule has 2 saturated heterocycles. The Morgan fingerprint density at radius 3 is 2.67 bits per heavy atom. The lowest BCUT2D eigenvalue weighted by molar-refractivity contribution is -0.148. The molecule has 5 atom stereocenters. The summed E-state index contributed by atoms with van der Waals surface area (Å²) in [6, 6.07) is 15.8. The second-order valence-corrected chi connectivity index (χ2v) is 8.88. The van der Waals surface area contributed by atoms with Gasteiger partial charge in [-0.15, -0.1) is 5.10 Å². The molecular weight excluding hydrogens is 446 g/mol. The maximum atomic E-state index is 13.7. The fraction of sp³-hybridized carbons (Fsp3) is 0.261. The molecule has 3 aliphatic rings. The highest BCUT2D eigenvalue weighted by atomic mass is 35.5. The Bertz CT molecular complexity index is 1280. The zero-order valence-corrected chi connectivity index (χ0v) is 17.9. The van der Waals surface area contributed by atoms with Crippen LogP contribution in [0.2, 0.25) is 5.02 Å². The van der Waals surface area contributed by atoms with Crippen LogP contribution in [0.3, 0.4) is 0 Å². The molecule has 2 bridgehead atoms. The number of carboxylic acids is 1. The number of carbonyl (C=O) groups excluding carboxylic acids is 1. The van der Waals surface area contributed by atoms with Gasteiger partial charge in [-0.05, 0) is 40.3 Å². The standard InChI is InChI=1S/C23H18ClN5O4/c24-14-6-8-15(9-7-14)29-20(25-26-27-29)19(13-4-2-1-3-5-13)28-12-23-11-10-16(33-23)17(22(31)32)18(23)21(28)30/h1-11,16-19H,12H2,(H,31,32)/t16-,17-,18+,19-,23+/m1/s1. The molecule has 4 heterocycles. The molecule has 33 heavy (non-hydrogen) atoms. The number of benzene rings is 2. The summed E-state index contributed by atoms with van der Waals surface area (Å²) in [7, 11) is 0. The first-order valence-electron chi connectivity index (χ1n) is 10.5. The lowest BCUT2D eigenvalue weighted by atomic mass is 9.77. The molecule has 9 nitrogen and oxygen atoms in total. The number of amides is 1. The van der Waals surface area contributed by atoms with Gasteiger partial charge in [0.2, 0.25) is 5.91 Å². The maximum Gasteiger partial charge on any atom is 0.310 e. The van der Waals surface area contributed by atoms with Crippen LogP contribution in [0.5, 0.6) is 0 Å². The molecule has 1 amide bonds. The summed E-state index contributed by atoms with van der Waals surface area (Å²) in [6.45, 7) is 0.209. The average Bonchev–Trinajstić information content (AvgIpc) is 3.57. The average molecular weight is 464 g/mol. The molecule has 3 aliphatic heterocycles. The van der Waals surface area contributed by atoms with Gasteiger partial charge in [-0.1, -0.05) is 54.1 Å². The minimum atomic E-state index is -1.03. The molecule has 10 heteroatoms. The van der Waals surface area contributed by atoms with Gasteiger partial charge >= 0.3 is 5.97 Å². The molecule has 2 fully saturated rings. The number of likely N-dealkylation sites (tertiary alicyclic amines) is 1. The lowest BCUT2D eigenvalue weighted by Gasteiger charge is -2.29. The van der Waals surface area contributed by atoms with Crippen LogP contribution < -0.4 is 0 Å². The number of halogens is 1. The van der Waals surface area contributed by atoms with Crippen molar-refractivity contribution in [1.29, 1.82) is 0 Å². The van der Waals surface area contributed by atoms with Crippen LogP contribution in [0.4, 0.5) is 0 Å². The fourth-order valence-corrected chi connectivity index (χ4v) is 5.39. The summed E-state index contributed by atoms with van der Waals surface area (Å²) >= 11 is 6.04. The Hall–Kier alpha value is -3.56. The van der Waals surface area contributed by atoms with Crippen molar-refractivity contribution in [3.63, 3.8) is 0 Å². The Labute approximate surface area is 193 Å². The zero-order valence-electron chi connectivity index (χ0n) is 17.2. The van der Waals surface area contributed by atoms with Gasteiger partial charge in [0.15, 0.2) is 5.82 Å². The number of carboxylic acid groups (broad SMARTS) is 1. The van der Waals surface area contributed by atoms with E-state index in [0.29, 0.717) is 16.5 Å². The molecule has 2 aromatic carbocycles. The van der Waals surface area contributed by atoms with Crippen LogP contribution in [0, 0.1) is 11.8 Å². The van der Waals surface area contributed by atoms with E-state index in [4.69, 9.17) is 16.3 Å². The van der Waals surface area contributed by atoms with Crippen molar-refractivity contribution in [2.75, 3.05) is 6.54 Å². The topological polar surface area (TPSA) is 110 Å². The molecule has 3 aromatic rings. The van der Waals surface area contributed by atoms with E-state index in [1.807, 2.05) is 36.4 Å². The number of hydrogen-bond donors (Lipinski definition) is 1. The van der Waals surface area contributed by atoms with Crippen LogP contribution in [0.15, 0.2) is 66.7 Å². The summed E-state index contributed by atoms with van der Waals surface area (Å²) in [6.07, 6.45) is 3.00. The summed E-state index contributed by atoms with van der Waals surface area (Å²) in [4.78, 5) is 27.4. The largest absolute Gasteiger partial charge is 0.481 e. The van der Waals surface area contributed by atoms with Gasteiger partial charge in [0.05, 0.1) is 24.3 Å². The number of aromatic nitrogens is 4. The summed E-state index contributed by atoms with van der Waals surface area (Å²) < 4.78 is 7.63. The van der Waals surface area contributed by atoms with Crippen LogP contribution in [-0.2, 0) is 14.3 Å². The number of tetrazole rings is 1. The predicted octanol–water partition coefficient (Wildman–Crippen LogP) is 2.27. The van der Waals surface area contributed by atoms with E-state index in [-0.39, 0.29) is 12.5 Å². The van der Waals surface area contributed by atoms with Gasteiger partial charge in [-0.25, -0.2) is 0 Å². The third kappa shape index (κ3) is 2.93. The van der Waals surface area contributed by atoms with E-state index in [1.165, 1.54) is 0 Å². The molecule has 6 rings (SSSR count). The Morgan fingerprint density at radius 1 is 1.18 bits per heavy atom. The van der Waals surface area contributed by atoms with Gasteiger partial charge < -0.3 is 14.7 Å². The van der Waals surface area contributed by atoms with Gasteiger partial charge in [-0.3, -0.25) is 9.59 Å². The molecule has 1 N–H and O–H groups in total. The van der Waals surface area contributed by atoms with Gasteiger partial charge in [-0.2, -0.15) is 4.68 Å². The first-order chi connectivity index (χ1) is 16.0. The normalized spacial score (nSPS) is 28.3. The smallest absolute Gasteiger partial charge is 0.310 e. The van der Waals surface area contributed by atoms with Crippen molar-refractivity contribution in [3.8, 4) is 5.69 Å². The number of carbonyl (C=O) groups is 2. The number of rotatable bonds is 5. The summed E-state index contributed by atoms with van der Waals surface area (Å²) in [5.41, 5.74) is 0.527. The van der Waals surface area contributed by atoms with Crippen molar-refractivity contribution in [2.45, 2.75) is 17.7 Å². The highest BCUT2D eigenvalue weighted by molar-refractivity contribution is 6.30. The molecule has 1 aromatic heterocycles. The Morgan fingerprint density at radius 2 is 1.94 bits per heavy atom. The summed E-state index contributed by atoms with van der Waals surface area (Å²) in [5, 5.41) is 22.7. The molecule has 0 aliphatic carbocycles. The van der Waals surface area contributed by atoms with Crippen molar-refractivity contribution in [3.05, 3.63) is 83.2 Å². The number of nitrogens with zero attached hydrogens (tertiary/aromatic N) is 5. The van der Waals surface area contributed by atoms with Crippen LogP contribution >= 0.6 is 11.6 Å². The molecule has 166 valence electrons. The van der Waals surface area contributed by atoms with E-state index in [0.717, 1.165) is 5.56 Å². The van der Waals surface area contributed by atoms with Gasteiger partial charge in [0.1, 0.15) is 17.6 Å². The van der Waals surface area contributed by atoms with Crippen molar-refractivity contribution < 1.29 is 19.4 Å². The van der Waals surface area contributed by atoms with Crippen molar-refractivity contribution in [1.82, 2.24) is 25.1 Å². The third-order valence-corrected chi connectivity index (χ3v) is 6.90. The Balaban J connectivity index is 1.47. The second kappa shape index (κ2) is 7.23. The minimum absolute atomic E-state index is 0.209. The highest BCUT2D eigenvalue weighted by Gasteiger charge is 2.68. The van der Waals surface area contributed by atoms with E-state index < -0.39 is 35.6 Å². The van der Waals surface area contributed by atoms with Gasteiger partial charge in [0.25, 0.3) is 0 Å². The number of aliphatic carboxylic acids is 1. The van der Waals surface area contributed by atoms with E-state index >= 15 is 0 Å². The monoisotopic (exact) mass is 463 g/mol. The lowest BCUT2D eigenvalue weighted by Crippen LogP contribution is -2.39.